The molecular weight excluding hydrogens is 218 g/mol. The third kappa shape index (κ3) is 1.59. The quantitative estimate of drug-likeness (QED) is 0.782. The smallest absolute Gasteiger partial charge is 0.276 e. The number of hydrogen-bond donors (Lipinski definition) is 1. The Balaban J connectivity index is 2.13. The predicted octanol–water partition coefficient (Wildman–Crippen LogP) is 0.791. The lowest BCUT2D eigenvalue weighted by molar-refractivity contribution is -0.110. The third-order valence-electron chi connectivity index (χ3n) is 2.52. The average Bonchev–Trinajstić information content (AvgIpc) is 2.90. The highest BCUT2D eigenvalue weighted by Crippen LogP contribution is 2.24. The summed E-state index contributed by atoms with van der Waals surface area (Å²) in [4.78, 5) is 11.8. The number of carbonyl (C=O) groups excluding carboxylic acids is 1. The van der Waals surface area contributed by atoms with Gasteiger partial charge in [-0.2, -0.15) is 5.10 Å². The van der Waals surface area contributed by atoms with Crippen LogP contribution in [0.1, 0.15) is 11.1 Å². The Hall–Kier alpha value is -2.50. The highest BCUT2D eigenvalue weighted by molar-refractivity contribution is 6.53. The van der Waals surface area contributed by atoms with Gasteiger partial charge in [0.25, 0.3) is 5.91 Å². The molecule has 1 aliphatic rings. The number of benzene rings is 1. The van der Waals surface area contributed by atoms with Gasteiger partial charge in [-0.25, -0.2) is 4.68 Å². The standard InChI is InChI=1S/C11H9N5O/c1-7-2-3-9-8(4-7)10(11(17)14-9)15-16-5-12-13-6-16/h2-6H,1H3,(H,14,15,17). The fraction of sp³-hybridized carbons (Fsp3) is 0.0909. The van der Waals surface area contributed by atoms with Crippen LogP contribution >= 0.6 is 0 Å². The van der Waals surface area contributed by atoms with Crippen molar-refractivity contribution in [3.05, 3.63) is 42.0 Å². The first-order valence-electron chi connectivity index (χ1n) is 5.10. The maximum atomic E-state index is 11.8. The van der Waals surface area contributed by atoms with Crippen molar-refractivity contribution >= 4 is 17.3 Å². The zero-order valence-corrected chi connectivity index (χ0v) is 9.08. The van der Waals surface area contributed by atoms with E-state index in [4.69, 9.17) is 0 Å². The van der Waals surface area contributed by atoms with Crippen molar-refractivity contribution in [3.8, 4) is 0 Å². The summed E-state index contributed by atoms with van der Waals surface area (Å²) in [5.41, 5.74) is 3.05. The number of nitrogens with zero attached hydrogens (tertiary/aromatic N) is 4. The van der Waals surface area contributed by atoms with Crippen LogP contribution in [-0.4, -0.2) is 26.5 Å². The third-order valence-corrected chi connectivity index (χ3v) is 2.52. The second kappa shape index (κ2) is 3.51. The highest BCUT2D eigenvalue weighted by Gasteiger charge is 2.26. The molecule has 0 spiro atoms. The number of nitrogens with one attached hydrogen (secondary N) is 1. The van der Waals surface area contributed by atoms with Gasteiger partial charge in [0.05, 0.1) is 5.69 Å². The molecule has 1 aromatic carbocycles. The van der Waals surface area contributed by atoms with Gasteiger partial charge in [0.1, 0.15) is 12.7 Å². The van der Waals surface area contributed by atoms with E-state index >= 15 is 0 Å². The van der Waals surface area contributed by atoms with E-state index < -0.39 is 0 Å². The Morgan fingerprint density at radius 2 is 2.06 bits per heavy atom. The largest absolute Gasteiger partial charge is 0.320 e. The highest BCUT2D eigenvalue weighted by atomic mass is 16.2. The van der Waals surface area contributed by atoms with Crippen LogP contribution in [0.5, 0.6) is 0 Å². The Morgan fingerprint density at radius 1 is 1.29 bits per heavy atom. The molecule has 2 heterocycles. The Bertz CT molecular complexity index is 615. The summed E-state index contributed by atoms with van der Waals surface area (Å²) in [5.74, 6) is -0.209. The van der Waals surface area contributed by atoms with Crippen molar-refractivity contribution in [2.45, 2.75) is 6.92 Å². The molecule has 6 heteroatoms. The van der Waals surface area contributed by atoms with Crippen LogP contribution in [0.4, 0.5) is 5.69 Å². The molecule has 0 atom stereocenters. The summed E-state index contributed by atoms with van der Waals surface area (Å²) >= 11 is 0. The van der Waals surface area contributed by atoms with E-state index in [2.05, 4.69) is 20.6 Å². The molecule has 0 aliphatic carbocycles. The fourth-order valence-corrected chi connectivity index (χ4v) is 1.73. The number of hydrogen-bond acceptors (Lipinski definition) is 4. The monoisotopic (exact) mass is 227 g/mol. The van der Waals surface area contributed by atoms with E-state index in [-0.39, 0.29) is 5.91 Å². The molecule has 2 aromatic rings. The predicted molar refractivity (Wildman–Crippen MR) is 61.8 cm³/mol. The van der Waals surface area contributed by atoms with E-state index in [0.717, 1.165) is 16.8 Å². The zero-order chi connectivity index (χ0) is 11.8. The van der Waals surface area contributed by atoms with Crippen molar-refractivity contribution < 1.29 is 4.79 Å². The van der Waals surface area contributed by atoms with E-state index in [1.54, 1.807) is 0 Å². The first kappa shape index (κ1) is 9.71. The number of amides is 1. The van der Waals surface area contributed by atoms with Crippen molar-refractivity contribution in [3.63, 3.8) is 0 Å². The van der Waals surface area contributed by atoms with Crippen LogP contribution in [0.25, 0.3) is 0 Å². The van der Waals surface area contributed by atoms with Gasteiger partial charge in [0.2, 0.25) is 0 Å². The van der Waals surface area contributed by atoms with Crippen molar-refractivity contribution in [1.29, 1.82) is 0 Å². The van der Waals surface area contributed by atoms with Crippen molar-refractivity contribution in [1.82, 2.24) is 14.9 Å². The van der Waals surface area contributed by atoms with E-state index in [1.807, 2.05) is 25.1 Å². The topological polar surface area (TPSA) is 72.2 Å². The molecule has 0 unspecified atom stereocenters. The fourth-order valence-electron chi connectivity index (χ4n) is 1.73. The summed E-state index contributed by atoms with van der Waals surface area (Å²) in [6, 6.07) is 5.74. The molecule has 1 aromatic heterocycles. The average molecular weight is 227 g/mol. The Morgan fingerprint density at radius 3 is 2.82 bits per heavy atom. The van der Waals surface area contributed by atoms with Gasteiger partial charge >= 0.3 is 0 Å². The minimum absolute atomic E-state index is 0.209. The van der Waals surface area contributed by atoms with E-state index in [0.29, 0.717) is 5.71 Å². The summed E-state index contributed by atoms with van der Waals surface area (Å²) in [6.07, 6.45) is 2.88. The summed E-state index contributed by atoms with van der Waals surface area (Å²) in [6.45, 7) is 1.97. The van der Waals surface area contributed by atoms with Crippen LogP contribution in [-0.2, 0) is 4.79 Å². The van der Waals surface area contributed by atoms with Crippen molar-refractivity contribution in [2.75, 3.05) is 5.32 Å². The van der Waals surface area contributed by atoms with Crippen LogP contribution in [0.2, 0.25) is 0 Å². The van der Waals surface area contributed by atoms with Gasteiger partial charge in [0, 0.05) is 5.56 Å². The molecule has 0 fully saturated rings. The lowest BCUT2D eigenvalue weighted by atomic mass is 10.1. The minimum atomic E-state index is -0.209. The van der Waals surface area contributed by atoms with Gasteiger partial charge in [-0.1, -0.05) is 11.6 Å². The molecule has 0 radical (unpaired) electrons. The molecule has 0 bridgehead atoms. The number of aryl methyl sites for hydroxylation is 1. The maximum Gasteiger partial charge on any atom is 0.276 e. The molecule has 84 valence electrons. The normalized spacial score (nSPS) is 16.1. The van der Waals surface area contributed by atoms with Gasteiger partial charge < -0.3 is 5.32 Å². The second-order valence-electron chi connectivity index (χ2n) is 3.79. The number of anilines is 1. The van der Waals surface area contributed by atoms with Gasteiger partial charge in [-0.05, 0) is 19.1 Å². The molecule has 17 heavy (non-hydrogen) atoms. The molecule has 1 N–H and O–H groups in total. The minimum Gasteiger partial charge on any atom is -0.320 e. The van der Waals surface area contributed by atoms with Gasteiger partial charge in [-0.3, -0.25) is 4.79 Å². The van der Waals surface area contributed by atoms with Crippen LogP contribution in [0.3, 0.4) is 0 Å². The van der Waals surface area contributed by atoms with Crippen LogP contribution in [0.15, 0.2) is 36.0 Å². The summed E-state index contributed by atoms with van der Waals surface area (Å²) < 4.78 is 1.41. The van der Waals surface area contributed by atoms with Crippen molar-refractivity contribution in [2.24, 2.45) is 5.10 Å². The molecule has 6 nitrogen and oxygen atoms in total. The van der Waals surface area contributed by atoms with Crippen LogP contribution in [0, 0.1) is 6.92 Å². The molecule has 1 amide bonds. The summed E-state index contributed by atoms with van der Waals surface area (Å²) in [5, 5.41) is 14.2. The molecular formula is C11H9N5O. The van der Waals surface area contributed by atoms with E-state index in [1.165, 1.54) is 17.3 Å². The van der Waals surface area contributed by atoms with E-state index in [9.17, 15) is 4.79 Å². The van der Waals surface area contributed by atoms with Crippen LogP contribution < -0.4 is 5.32 Å². The molecule has 1 aliphatic heterocycles. The SMILES string of the molecule is Cc1ccc2c(c1)/C(=N/n1cnnc1)C(=O)N2. The summed E-state index contributed by atoms with van der Waals surface area (Å²) in [7, 11) is 0. The number of carbonyl (C=O) groups is 1. The molecule has 3 rings (SSSR count). The molecule has 0 saturated heterocycles. The lowest BCUT2D eigenvalue weighted by Gasteiger charge is -1.98. The number of rotatable bonds is 1. The Labute approximate surface area is 97.0 Å². The first-order chi connectivity index (χ1) is 8.24. The number of fused-ring (bicyclic) bond motifs is 1. The number of aromatic nitrogens is 3. The first-order valence-corrected chi connectivity index (χ1v) is 5.10. The van der Waals surface area contributed by atoms with Gasteiger partial charge in [0.15, 0.2) is 5.71 Å². The zero-order valence-electron chi connectivity index (χ0n) is 9.08. The molecule has 0 saturated carbocycles. The lowest BCUT2D eigenvalue weighted by Crippen LogP contribution is -2.15. The maximum absolute atomic E-state index is 11.8. The van der Waals surface area contributed by atoms with Gasteiger partial charge in [-0.15, -0.1) is 10.2 Å². The Kier molecular flexibility index (Phi) is 2.01. The second-order valence-corrected chi connectivity index (χ2v) is 3.79.